The van der Waals surface area contributed by atoms with E-state index >= 15 is 0 Å². The Labute approximate surface area is 142 Å². The lowest BCUT2D eigenvalue weighted by atomic mass is 9.96. The molecular weight excluding hydrogens is 310 g/mol. The zero-order valence-corrected chi connectivity index (χ0v) is 15.6. The summed E-state index contributed by atoms with van der Waals surface area (Å²) in [7, 11) is 0. The fraction of sp³-hybridized carbons (Fsp3) is 0.812. The van der Waals surface area contributed by atoms with Crippen molar-refractivity contribution >= 4 is 16.9 Å². The van der Waals surface area contributed by atoms with Crippen molar-refractivity contribution in [2.75, 3.05) is 32.7 Å². The number of amidine groups is 1. The number of piperazine rings is 1. The molecule has 1 aromatic rings. The number of thioether (sulfide) groups is 1. The van der Waals surface area contributed by atoms with Gasteiger partial charge in [-0.1, -0.05) is 44.6 Å². The zero-order chi connectivity index (χ0) is 16.6. The summed E-state index contributed by atoms with van der Waals surface area (Å²) in [6.07, 6.45) is 0. The van der Waals surface area contributed by atoms with E-state index in [-0.39, 0.29) is 11.5 Å². The molecule has 0 spiro atoms. The highest BCUT2D eigenvalue weighted by Crippen LogP contribution is 2.27. The van der Waals surface area contributed by atoms with Crippen LogP contribution in [-0.2, 0) is 5.41 Å². The molecule has 0 aliphatic carbocycles. The maximum absolute atomic E-state index is 5.50. The Morgan fingerprint density at radius 1 is 1.22 bits per heavy atom. The Morgan fingerprint density at radius 3 is 2.43 bits per heavy atom. The third kappa shape index (κ3) is 3.71. The highest BCUT2D eigenvalue weighted by Gasteiger charge is 2.30. The van der Waals surface area contributed by atoms with Gasteiger partial charge in [-0.3, -0.25) is 9.89 Å². The van der Waals surface area contributed by atoms with Gasteiger partial charge in [0.25, 0.3) is 0 Å². The first-order valence-electron chi connectivity index (χ1n) is 8.39. The van der Waals surface area contributed by atoms with Crippen LogP contribution in [0, 0.1) is 0 Å². The summed E-state index contributed by atoms with van der Waals surface area (Å²) in [5.41, 5.74) is -0.0747. The minimum atomic E-state index is -0.0747. The Kier molecular flexibility index (Phi) is 4.69. The fourth-order valence-electron chi connectivity index (χ4n) is 2.80. The monoisotopic (exact) mass is 337 g/mol. The summed E-state index contributed by atoms with van der Waals surface area (Å²) < 4.78 is 5.50. The number of hydrogen-bond donors (Lipinski definition) is 0. The van der Waals surface area contributed by atoms with Gasteiger partial charge in [0, 0.05) is 36.8 Å². The first-order valence-corrected chi connectivity index (χ1v) is 9.27. The van der Waals surface area contributed by atoms with Crippen molar-refractivity contribution in [1.82, 2.24) is 19.9 Å². The molecule has 2 atom stereocenters. The molecule has 1 saturated heterocycles. The molecule has 0 N–H and O–H groups in total. The van der Waals surface area contributed by atoms with Gasteiger partial charge in [-0.2, -0.15) is 4.98 Å². The standard InChI is InChI=1S/C16H27N5OS/c1-11-10-17-15(23-11)21-8-6-20(7-9-21)12(2)13-18-14(19-22-13)16(3,4)5/h11-12H,6-10H2,1-5H3/t11-,12-/m0/s1. The van der Waals surface area contributed by atoms with Gasteiger partial charge >= 0.3 is 0 Å². The maximum atomic E-state index is 5.50. The van der Waals surface area contributed by atoms with Crippen molar-refractivity contribution in [2.24, 2.45) is 4.99 Å². The Bertz CT molecular complexity index is 571. The van der Waals surface area contributed by atoms with Crippen molar-refractivity contribution in [3.63, 3.8) is 0 Å². The molecule has 0 bridgehead atoms. The van der Waals surface area contributed by atoms with Crippen LogP contribution >= 0.6 is 11.8 Å². The average molecular weight is 337 g/mol. The first kappa shape index (κ1) is 16.8. The normalized spacial score (nSPS) is 24.8. The second kappa shape index (κ2) is 6.43. The second-order valence-electron chi connectivity index (χ2n) is 7.46. The van der Waals surface area contributed by atoms with Crippen molar-refractivity contribution in [3.05, 3.63) is 11.7 Å². The van der Waals surface area contributed by atoms with Crippen LogP contribution in [0.2, 0.25) is 0 Å². The lowest BCUT2D eigenvalue weighted by Crippen LogP contribution is -2.48. The molecule has 0 saturated carbocycles. The first-order chi connectivity index (χ1) is 10.8. The van der Waals surface area contributed by atoms with Crippen LogP contribution in [0.4, 0.5) is 0 Å². The van der Waals surface area contributed by atoms with Gasteiger partial charge in [-0.15, -0.1) is 0 Å². The number of aromatic nitrogens is 2. The fourth-order valence-corrected chi connectivity index (χ4v) is 3.79. The van der Waals surface area contributed by atoms with Gasteiger partial charge in [0.05, 0.1) is 12.6 Å². The molecule has 0 aromatic carbocycles. The van der Waals surface area contributed by atoms with Gasteiger partial charge in [0.1, 0.15) is 0 Å². The van der Waals surface area contributed by atoms with Gasteiger partial charge in [-0.25, -0.2) is 0 Å². The highest BCUT2D eigenvalue weighted by atomic mass is 32.2. The van der Waals surface area contributed by atoms with E-state index in [1.807, 2.05) is 11.8 Å². The molecule has 0 amide bonds. The van der Waals surface area contributed by atoms with E-state index in [1.54, 1.807) is 0 Å². The van der Waals surface area contributed by atoms with E-state index in [0.29, 0.717) is 5.25 Å². The predicted octanol–water partition coefficient (Wildman–Crippen LogP) is 2.54. The molecule has 23 heavy (non-hydrogen) atoms. The van der Waals surface area contributed by atoms with E-state index in [9.17, 15) is 0 Å². The van der Waals surface area contributed by atoms with E-state index in [4.69, 9.17) is 4.52 Å². The Morgan fingerprint density at radius 2 is 1.91 bits per heavy atom. The van der Waals surface area contributed by atoms with Crippen molar-refractivity contribution < 1.29 is 4.52 Å². The zero-order valence-electron chi connectivity index (χ0n) is 14.7. The molecule has 6 nitrogen and oxygen atoms in total. The summed E-state index contributed by atoms with van der Waals surface area (Å²) in [4.78, 5) is 14.1. The highest BCUT2D eigenvalue weighted by molar-refractivity contribution is 8.14. The molecule has 1 fully saturated rings. The summed E-state index contributed by atoms with van der Waals surface area (Å²) >= 11 is 1.90. The van der Waals surface area contributed by atoms with Crippen LogP contribution in [0.25, 0.3) is 0 Å². The third-order valence-electron chi connectivity index (χ3n) is 4.39. The Balaban J connectivity index is 1.58. The van der Waals surface area contributed by atoms with Crippen LogP contribution in [0.1, 0.15) is 52.4 Å². The minimum Gasteiger partial charge on any atom is -0.349 e. The summed E-state index contributed by atoms with van der Waals surface area (Å²) in [5.74, 6) is 1.51. The van der Waals surface area contributed by atoms with E-state index in [0.717, 1.165) is 44.4 Å². The van der Waals surface area contributed by atoms with Crippen LogP contribution in [0.3, 0.4) is 0 Å². The van der Waals surface area contributed by atoms with Crippen LogP contribution in [-0.4, -0.2) is 63.1 Å². The maximum Gasteiger partial charge on any atom is 0.243 e. The molecule has 1 aromatic heterocycles. The quantitative estimate of drug-likeness (QED) is 0.826. The molecule has 2 aliphatic heterocycles. The molecule has 2 aliphatic rings. The Hall–Kier alpha value is -1.08. The SMILES string of the molecule is C[C@H]1CN=C(N2CCN([C@@H](C)c3nc(C(C)(C)C)no3)CC2)S1. The average Bonchev–Trinajstić information content (AvgIpc) is 3.15. The van der Waals surface area contributed by atoms with E-state index in [2.05, 4.69) is 59.6 Å². The van der Waals surface area contributed by atoms with Gasteiger partial charge in [0.2, 0.25) is 5.89 Å². The van der Waals surface area contributed by atoms with Gasteiger partial charge in [0.15, 0.2) is 11.0 Å². The summed E-state index contributed by atoms with van der Waals surface area (Å²) in [6, 6.07) is 0.165. The van der Waals surface area contributed by atoms with Gasteiger partial charge < -0.3 is 9.42 Å². The second-order valence-corrected chi connectivity index (χ2v) is 8.86. The molecule has 0 unspecified atom stereocenters. The van der Waals surface area contributed by atoms with Crippen LogP contribution < -0.4 is 0 Å². The number of nitrogens with zero attached hydrogens (tertiary/aromatic N) is 5. The smallest absolute Gasteiger partial charge is 0.243 e. The lowest BCUT2D eigenvalue weighted by molar-refractivity contribution is 0.121. The summed E-state index contributed by atoms with van der Waals surface area (Å²) in [5, 5.41) is 5.99. The van der Waals surface area contributed by atoms with Gasteiger partial charge in [-0.05, 0) is 6.92 Å². The van der Waals surface area contributed by atoms with Crippen molar-refractivity contribution in [2.45, 2.75) is 51.3 Å². The molecule has 3 heterocycles. The van der Waals surface area contributed by atoms with E-state index < -0.39 is 0 Å². The molecule has 3 rings (SSSR count). The third-order valence-corrected chi connectivity index (χ3v) is 5.54. The largest absolute Gasteiger partial charge is 0.349 e. The number of hydrogen-bond acceptors (Lipinski definition) is 7. The summed E-state index contributed by atoms with van der Waals surface area (Å²) in [6.45, 7) is 15.7. The van der Waals surface area contributed by atoms with Crippen LogP contribution in [0.15, 0.2) is 9.52 Å². The number of rotatable bonds is 2. The minimum absolute atomic E-state index is 0.0747. The topological polar surface area (TPSA) is 57.8 Å². The van der Waals surface area contributed by atoms with Crippen molar-refractivity contribution in [3.8, 4) is 0 Å². The molecular formula is C16H27N5OS. The predicted molar refractivity (Wildman–Crippen MR) is 93.9 cm³/mol. The van der Waals surface area contributed by atoms with Crippen molar-refractivity contribution in [1.29, 1.82) is 0 Å². The number of aliphatic imine (C=N–C) groups is 1. The molecule has 128 valence electrons. The van der Waals surface area contributed by atoms with E-state index in [1.165, 1.54) is 5.17 Å². The lowest BCUT2D eigenvalue weighted by Gasteiger charge is -2.37. The molecule has 7 heteroatoms. The van der Waals surface area contributed by atoms with Crippen LogP contribution in [0.5, 0.6) is 0 Å². The molecule has 0 radical (unpaired) electrons.